The molecule has 1 amide bonds. The van der Waals surface area contributed by atoms with E-state index in [1.165, 1.54) is 10.6 Å². The normalized spacial score (nSPS) is 15.4. The van der Waals surface area contributed by atoms with Gasteiger partial charge in [0.15, 0.2) is 5.76 Å². The van der Waals surface area contributed by atoms with Crippen LogP contribution in [0.25, 0.3) is 22.5 Å². The Labute approximate surface area is 251 Å². The average Bonchev–Trinajstić information content (AvgIpc) is 3.31. The third kappa shape index (κ3) is 5.86. The number of aryl methyl sites for hydroxylation is 1. The van der Waals surface area contributed by atoms with E-state index in [0.717, 1.165) is 27.8 Å². The summed E-state index contributed by atoms with van der Waals surface area (Å²) in [6, 6.07) is 23.1. The first-order valence-electron chi connectivity index (χ1n) is 13.5. The predicted octanol–water partition coefficient (Wildman–Crippen LogP) is 7.37. The maximum atomic E-state index is 12.9. The fourth-order valence-electron chi connectivity index (χ4n) is 5.13. The van der Waals surface area contributed by atoms with Crippen LogP contribution in [0.15, 0.2) is 90.0 Å². The van der Waals surface area contributed by atoms with Crippen molar-refractivity contribution in [2.24, 2.45) is 0 Å². The van der Waals surface area contributed by atoms with Crippen LogP contribution in [-0.4, -0.2) is 43.3 Å². The largest absolute Gasteiger partial charge is 0.441 e. The number of benzene rings is 3. The van der Waals surface area contributed by atoms with E-state index in [1.807, 2.05) is 79.7 Å². The Morgan fingerprint density at radius 1 is 1.10 bits per heavy atom. The Hall–Kier alpha value is -3.92. The second kappa shape index (κ2) is 11.8. The zero-order valence-corrected chi connectivity index (χ0v) is 25.2. The molecular formula is C32H32ClN3O5S. The van der Waals surface area contributed by atoms with Crippen LogP contribution >= 0.6 is 11.6 Å². The minimum absolute atomic E-state index is 0.384. The highest BCUT2D eigenvalue weighted by Crippen LogP contribution is 2.38. The van der Waals surface area contributed by atoms with Crippen molar-refractivity contribution in [3.63, 3.8) is 0 Å². The number of halogens is 1. The standard InChI is InChI=1S/C32H32ClN3O5S/c1-5-28(26-9-7-8-10-27(26)33)40-31(37)34-29-21(3)35-41-30(29)24-13-11-22(12-14-24)23-15-17-25(18-16-23)32(6-2)19-36(20-32)42(4,38)39/h6-18,28H,2,5,19-20H2,1,3-4H3,(H,34,37)/t28-/m1/s1. The monoisotopic (exact) mass is 605 g/mol. The maximum Gasteiger partial charge on any atom is 0.412 e. The van der Waals surface area contributed by atoms with Crippen molar-refractivity contribution in [3.05, 3.63) is 107 Å². The number of hydrogen-bond acceptors (Lipinski definition) is 6. The van der Waals surface area contributed by atoms with E-state index in [0.29, 0.717) is 41.7 Å². The third-order valence-electron chi connectivity index (χ3n) is 7.68. The third-order valence-corrected chi connectivity index (χ3v) is 9.22. The lowest BCUT2D eigenvalue weighted by Crippen LogP contribution is -2.59. The van der Waals surface area contributed by atoms with E-state index in [-0.39, 0.29) is 5.41 Å². The Bertz CT molecular complexity index is 1710. The number of anilines is 1. The molecular weight excluding hydrogens is 574 g/mol. The van der Waals surface area contributed by atoms with Gasteiger partial charge in [0.05, 0.1) is 6.26 Å². The topological polar surface area (TPSA) is 102 Å². The molecule has 42 heavy (non-hydrogen) atoms. The smallest absolute Gasteiger partial charge is 0.412 e. The number of carbonyl (C=O) groups is 1. The number of sulfonamides is 1. The summed E-state index contributed by atoms with van der Waals surface area (Å²) in [4.78, 5) is 12.9. The number of amides is 1. The zero-order valence-electron chi connectivity index (χ0n) is 23.6. The minimum Gasteiger partial charge on any atom is -0.441 e. The second-order valence-electron chi connectivity index (χ2n) is 10.5. The molecule has 1 aliphatic rings. The Balaban J connectivity index is 1.29. The van der Waals surface area contributed by atoms with Gasteiger partial charge in [0.1, 0.15) is 17.5 Å². The summed E-state index contributed by atoms with van der Waals surface area (Å²) in [5, 5.41) is 7.39. The molecule has 4 aromatic rings. The van der Waals surface area contributed by atoms with Crippen LogP contribution in [0.4, 0.5) is 10.5 Å². The van der Waals surface area contributed by atoms with Gasteiger partial charge < -0.3 is 9.26 Å². The molecule has 10 heteroatoms. The molecule has 5 rings (SSSR count). The first-order chi connectivity index (χ1) is 20.0. The highest BCUT2D eigenvalue weighted by Gasteiger charge is 2.45. The molecule has 0 bridgehead atoms. The lowest BCUT2D eigenvalue weighted by molar-refractivity contribution is 0.108. The molecule has 0 saturated carbocycles. The summed E-state index contributed by atoms with van der Waals surface area (Å²) in [7, 11) is -3.22. The van der Waals surface area contributed by atoms with Gasteiger partial charge in [-0.3, -0.25) is 5.32 Å². The molecule has 1 aliphatic heterocycles. The lowest BCUT2D eigenvalue weighted by atomic mass is 9.75. The van der Waals surface area contributed by atoms with Gasteiger partial charge >= 0.3 is 6.09 Å². The number of nitrogens with one attached hydrogen (secondary N) is 1. The summed E-state index contributed by atoms with van der Waals surface area (Å²) in [6.07, 6.45) is 2.48. The van der Waals surface area contributed by atoms with E-state index in [1.54, 1.807) is 13.0 Å². The van der Waals surface area contributed by atoms with Gasteiger partial charge in [-0.25, -0.2) is 13.2 Å². The molecule has 3 aromatic carbocycles. The SMILES string of the molecule is C=CC1(c2ccc(-c3ccc(-c4onc(C)c4NC(=O)O[C@H](CC)c4ccccc4Cl)cc3)cc2)CN(S(C)(=O)=O)C1. The molecule has 0 radical (unpaired) electrons. The molecule has 0 unspecified atom stereocenters. The molecule has 2 heterocycles. The molecule has 218 valence electrons. The molecule has 1 saturated heterocycles. The van der Waals surface area contributed by atoms with Gasteiger partial charge in [-0.05, 0) is 36.1 Å². The number of hydrogen-bond donors (Lipinski definition) is 1. The number of aromatic nitrogens is 1. The van der Waals surface area contributed by atoms with Gasteiger partial charge in [-0.2, -0.15) is 4.31 Å². The second-order valence-corrected chi connectivity index (χ2v) is 12.9. The molecule has 0 spiro atoms. The van der Waals surface area contributed by atoms with E-state index < -0.39 is 22.2 Å². The summed E-state index contributed by atoms with van der Waals surface area (Å²) in [6.45, 7) is 8.41. The average molecular weight is 606 g/mol. The molecule has 0 aliphatic carbocycles. The highest BCUT2D eigenvalue weighted by molar-refractivity contribution is 7.88. The van der Waals surface area contributed by atoms with Crippen molar-refractivity contribution < 1.29 is 22.5 Å². The van der Waals surface area contributed by atoms with Crippen LogP contribution in [0.2, 0.25) is 5.02 Å². The Morgan fingerprint density at radius 3 is 2.26 bits per heavy atom. The van der Waals surface area contributed by atoms with Crippen LogP contribution in [0, 0.1) is 6.92 Å². The zero-order chi connectivity index (χ0) is 30.1. The van der Waals surface area contributed by atoms with Gasteiger partial charge in [0, 0.05) is 34.7 Å². The predicted molar refractivity (Wildman–Crippen MR) is 165 cm³/mol. The summed E-state index contributed by atoms with van der Waals surface area (Å²) >= 11 is 6.31. The van der Waals surface area contributed by atoms with E-state index in [9.17, 15) is 13.2 Å². The van der Waals surface area contributed by atoms with Gasteiger partial charge in [-0.15, -0.1) is 6.58 Å². The number of carbonyl (C=O) groups excluding carboxylic acids is 1. The van der Waals surface area contributed by atoms with E-state index in [4.69, 9.17) is 20.9 Å². The van der Waals surface area contributed by atoms with Crippen LogP contribution in [0.1, 0.15) is 36.3 Å². The van der Waals surface area contributed by atoms with Crippen molar-refractivity contribution >= 4 is 33.4 Å². The fraction of sp³-hybridized carbons (Fsp3) is 0.250. The lowest BCUT2D eigenvalue weighted by Gasteiger charge is -2.47. The van der Waals surface area contributed by atoms with Gasteiger partial charge in [0.2, 0.25) is 10.0 Å². The van der Waals surface area contributed by atoms with Gasteiger partial charge in [-0.1, -0.05) is 96.5 Å². The summed E-state index contributed by atoms with van der Waals surface area (Å²) in [5.74, 6) is 0.422. The number of ether oxygens (including phenoxy) is 1. The Kier molecular flexibility index (Phi) is 8.28. The Morgan fingerprint density at radius 2 is 1.69 bits per heavy atom. The van der Waals surface area contributed by atoms with Crippen LogP contribution < -0.4 is 5.32 Å². The highest BCUT2D eigenvalue weighted by atomic mass is 35.5. The fourth-order valence-corrected chi connectivity index (χ4v) is 6.32. The summed E-state index contributed by atoms with van der Waals surface area (Å²) < 4.78 is 36.5. The van der Waals surface area contributed by atoms with E-state index in [2.05, 4.69) is 17.1 Å². The van der Waals surface area contributed by atoms with Gasteiger partial charge in [0.25, 0.3) is 0 Å². The maximum absolute atomic E-state index is 12.9. The molecule has 1 fully saturated rings. The van der Waals surface area contributed by atoms with Crippen molar-refractivity contribution in [2.75, 3.05) is 24.7 Å². The van der Waals surface area contributed by atoms with Crippen LogP contribution in [0.3, 0.4) is 0 Å². The first kappa shape index (κ1) is 29.6. The van der Waals surface area contributed by atoms with Crippen molar-refractivity contribution in [2.45, 2.75) is 31.8 Å². The molecule has 1 atom stereocenters. The van der Waals surface area contributed by atoms with Crippen LogP contribution in [-0.2, 0) is 20.2 Å². The van der Waals surface area contributed by atoms with E-state index >= 15 is 0 Å². The molecule has 1 aromatic heterocycles. The van der Waals surface area contributed by atoms with Crippen LogP contribution in [0.5, 0.6) is 0 Å². The molecule has 8 nitrogen and oxygen atoms in total. The quantitative estimate of drug-likeness (QED) is 0.200. The van der Waals surface area contributed by atoms with Crippen molar-refractivity contribution in [1.29, 1.82) is 0 Å². The number of nitrogens with zero attached hydrogens (tertiary/aromatic N) is 2. The van der Waals surface area contributed by atoms with Crippen molar-refractivity contribution in [3.8, 4) is 22.5 Å². The van der Waals surface area contributed by atoms with Crippen molar-refractivity contribution in [1.82, 2.24) is 9.46 Å². The summed E-state index contributed by atoms with van der Waals surface area (Å²) in [5.41, 5.74) is 5.07. The minimum atomic E-state index is -3.22. The molecule has 1 N–H and O–H groups in total. The number of rotatable bonds is 9. The first-order valence-corrected chi connectivity index (χ1v) is 15.8.